The van der Waals surface area contributed by atoms with Crippen molar-refractivity contribution in [2.45, 2.75) is 20.4 Å². The van der Waals surface area contributed by atoms with Gasteiger partial charge in [-0.1, -0.05) is 11.8 Å². The van der Waals surface area contributed by atoms with Gasteiger partial charge in [-0.3, -0.25) is 34.1 Å². The van der Waals surface area contributed by atoms with E-state index >= 15 is 0 Å². The monoisotopic (exact) mass is 341 g/mol. The Morgan fingerprint density at radius 1 is 1.43 bits per heavy atom. The van der Waals surface area contributed by atoms with Crippen molar-refractivity contribution in [3.05, 3.63) is 21.5 Å². The maximum atomic E-state index is 11.9. The van der Waals surface area contributed by atoms with Gasteiger partial charge in [-0.25, -0.2) is 0 Å². The first-order valence-corrected chi connectivity index (χ1v) is 7.72. The molecule has 0 spiro atoms. The number of hydrogen-bond acceptors (Lipinski definition) is 7. The molecular formula is C12H15N5O5S. The summed E-state index contributed by atoms with van der Waals surface area (Å²) in [6.45, 7) is 3.08. The number of aryl methyl sites for hydroxylation is 1. The van der Waals surface area contributed by atoms with E-state index in [0.717, 1.165) is 16.7 Å². The largest absolute Gasteiger partial charge is 0.353 e. The van der Waals surface area contributed by atoms with Crippen molar-refractivity contribution in [2.75, 3.05) is 18.8 Å². The van der Waals surface area contributed by atoms with Gasteiger partial charge in [0, 0.05) is 13.1 Å². The fourth-order valence-electron chi connectivity index (χ4n) is 2.20. The summed E-state index contributed by atoms with van der Waals surface area (Å²) in [6.07, 6.45) is 0. The molecule has 1 aromatic heterocycles. The first-order chi connectivity index (χ1) is 10.8. The van der Waals surface area contributed by atoms with Crippen LogP contribution in [0.3, 0.4) is 0 Å². The predicted molar refractivity (Wildman–Crippen MR) is 80.9 cm³/mol. The third-order valence-electron chi connectivity index (χ3n) is 3.32. The van der Waals surface area contributed by atoms with Gasteiger partial charge in [0.05, 0.1) is 10.7 Å². The number of thioether (sulfide) groups is 1. The number of nitrogens with one attached hydrogen (secondary N) is 1. The van der Waals surface area contributed by atoms with Crippen molar-refractivity contribution in [3.8, 4) is 0 Å². The van der Waals surface area contributed by atoms with Gasteiger partial charge in [0.15, 0.2) is 0 Å². The molecule has 0 radical (unpaired) electrons. The van der Waals surface area contributed by atoms with Crippen LogP contribution in [-0.2, 0) is 16.1 Å². The van der Waals surface area contributed by atoms with Crippen LogP contribution in [-0.4, -0.2) is 55.5 Å². The highest BCUT2D eigenvalue weighted by Crippen LogP contribution is 2.21. The normalized spacial score (nSPS) is 14.4. The van der Waals surface area contributed by atoms with Crippen LogP contribution < -0.4 is 5.32 Å². The minimum absolute atomic E-state index is 0.105. The van der Waals surface area contributed by atoms with Gasteiger partial charge in [0.1, 0.15) is 17.9 Å². The van der Waals surface area contributed by atoms with Crippen LogP contribution in [0.2, 0.25) is 0 Å². The van der Waals surface area contributed by atoms with E-state index in [0.29, 0.717) is 5.69 Å². The van der Waals surface area contributed by atoms with Crippen molar-refractivity contribution >= 4 is 34.5 Å². The average Bonchev–Trinajstić information content (AvgIpc) is 2.92. The molecule has 1 aliphatic rings. The quantitative estimate of drug-likeness (QED) is 0.579. The molecule has 0 aliphatic carbocycles. The van der Waals surface area contributed by atoms with Gasteiger partial charge in [-0.15, -0.1) is 0 Å². The smallest absolute Gasteiger partial charge is 0.312 e. The lowest BCUT2D eigenvalue weighted by Gasteiger charge is -2.13. The molecule has 1 N–H and O–H groups in total. The Morgan fingerprint density at radius 3 is 2.65 bits per heavy atom. The number of carbonyl (C=O) groups is 3. The molecule has 3 amide bonds. The molecule has 23 heavy (non-hydrogen) atoms. The van der Waals surface area contributed by atoms with E-state index in [1.807, 2.05) is 0 Å². The topological polar surface area (TPSA) is 127 Å². The number of hydrogen-bond donors (Lipinski definition) is 1. The number of nitro groups is 1. The fraction of sp³-hybridized carbons (Fsp3) is 0.500. The third kappa shape index (κ3) is 3.67. The molecule has 0 atom stereocenters. The Labute approximate surface area is 135 Å². The Kier molecular flexibility index (Phi) is 4.98. The van der Waals surface area contributed by atoms with Crippen LogP contribution in [0.25, 0.3) is 0 Å². The molecule has 1 aliphatic heterocycles. The number of carbonyl (C=O) groups excluding carboxylic acids is 3. The summed E-state index contributed by atoms with van der Waals surface area (Å²) in [7, 11) is 0. The summed E-state index contributed by atoms with van der Waals surface area (Å²) in [5, 5.41) is 17.1. The van der Waals surface area contributed by atoms with Gasteiger partial charge in [0.25, 0.3) is 5.24 Å². The van der Waals surface area contributed by atoms with E-state index < -0.39 is 10.8 Å². The maximum Gasteiger partial charge on any atom is 0.312 e. The van der Waals surface area contributed by atoms with E-state index in [1.165, 1.54) is 18.5 Å². The van der Waals surface area contributed by atoms with Crippen LogP contribution in [0, 0.1) is 24.0 Å². The molecule has 0 aromatic carbocycles. The van der Waals surface area contributed by atoms with Crippen LogP contribution in [0.5, 0.6) is 0 Å². The highest BCUT2D eigenvalue weighted by Gasteiger charge is 2.29. The van der Waals surface area contributed by atoms with Crippen molar-refractivity contribution in [3.63, 3.8) is 0 Å². The second-order valence-electron chi connectivity index (χ2n) is 4.88. The predicted octanol–water partition coefficient (Wildman–Crippen LogP) is 0.220. The minimum atomic E-state index is -0.533. The average molecular weight is 341 g/mol. The standard InChI is InChI=1S/C12H15N5O5S/c1-7-11(17(21)22)8(2)16(14-7)5-9(18)13-3-4-15-10(19)6-23-12(15)20/h3-6H2,1-2H3,(H,13,18). The molecule has 2 rings (SSSR count). The molecule has 1 saturated heterocycles. The first-order valence-electron chi connectivity index (χ1n) is 6.73. The van der Waals surface area contributed by atoms with E-state index in [1.54, 1.807) is 0 Å². The minimum Gasteiger partial charge on any atom is -0.353 e. The van der Waals surface area contributed by atoms with Crippen LogP contribution in [0.1, 0.15) is 11.4 Å². The van der Waals surface area contributed by atoms with Gasteiger partial charge >= 0.3 is 5.69 Å². The Hall–Kier alpha value is -2.43. The van der Waals surface area contributed by atoms with E-state index in [4.69, 9.17) is 0 Å². The summed E-state index contributed by atoms with van der Waals surface area (Å²) >= 11 is 0.931. The lowest BCUT2D eigenvalue weighted by molar-refractivity contribution is -0.386. The molecule has 11 heteroatoms. The molecule has 0 unspecified atom stereocenters. The Morgan fingerprint density at radius 2 is 2.13 bits per heavy atom. The van der Waals surface area contributed by atoms with Crippen LogP contribution in [0.4, 0.5) is 10.5 Å². The fourth-order valence-corrected chi connectivity index (χ4v) is 2.95. The van der Waals surface area contributed by atoms with Gasteiger partial charge in [-0.2, -0.15) is 5.10 Å². The number of amides is 3. The van der Waals surface area contributed by atoms with Crippen molar-refractivity contribution in [1.29, 1.82) is 0 Å². The van der Waals surface area contributed by atoms with Gasteiger partial charge in [-0.05, 0) is 13.8 Å². The summed E-state index contributed by atoms with van der Waals surface area (Å²) in [4.78, 5) is 46.1. The summed E-state index contributed by atoms with van der Waals surface area (Å²) in [5.74, 6) is -0.553. The summed E-state index contributed by atoms with van der Waals surface area (Å²) in [6, 6.07) is 0. The van der Waals surface area contributed by atoms with Gasteiger partial charge in [0.2, 0.25) is 11.8 Å². The molecule has 1 fully saturated rings. The Bertz CT molecular complexity index is 670. The number of nitrogens with zero attached hydrogens (tertiary/aromatic N) is 4. The van der Waals surface area contributed by atoms with Gasteiger partial charge < -0.3 is 5.32 Å². The second kappa shape index (κ2) is 6.77. The summed E-state index contributed by atoms with van der Waals surface area (Å²) in [5.41, 5.74) is 0.428. The van der Waals surface area contributed by atoms with E-state index in [-0.39, 0.29) is 47.9 Å². The molecule has 124 valence electrons. The Balaban J connectivity index is 1.88. The molecular weight excluding hydrogens is 326 g/mol. The number of rotatable bonds is 6. The maximum absolute atomic E-state index is 11.9. The molecule has 2 heterocycles. The third-order valence-corrected chi connectivity index (χ3v) is 4.18. The lowest BCUT2D eigenvalue weighted by Crippen LogP contribution is -2.38. The number of aromatic nitrogens is 2. The lowest BCUT2D eigenvalue weighted by atomic mass is 10.3. The SMILES string of the molecule is Cc1nn(CC(=O)NCCN2C(=O)CSC2=O)c(C)c1[N+](=O)[O-]. The molecule has 10 nitrogen and oxygen atoms in total. The molecule has 0 bridgehead atoms. The van der Waals surface area contributed by atoms with Crippen LogP contribution >= 0.6 is 11.8 Å². The second-order valence-corrected chi connectivity index (χ2v) is 5.81. The molecule has 1 aromatic rings. The van der Waals surface area contributed by atoms with E-state index in [9.17, 15) is 24.5 Å². The zero-order valence-electron chi connectivity index (χ0n) is 12.6. The first kappa shape index (κ1) is 16.9. The van der Waals surface area contributed by atoms with Crippen molar-refractivity contribution in [1.82, 2.24) is 20.0 Å². The van der Waals surface area contributed by atoms with Crippen molar-refractivity contribution in [2.24, 2.45) is 0 Å². The van der Waals surface area contributed by atoms with E-state index in [2.05, 4.69) is 10.4 Å². The van der Waals surface area contributed by atoms with Crippen molar-refractivity contribution < 1.29 is 19.3 Å². The number of imide groups is 1. The highest BCUT2D eigenvalue weighted by molar-refractivity contribution is 8.14. The summed E-state index contributed by atoms with van der Waals surface area (Å²) < 4.78 is 1.25. The highest BCUT2D eigenvalue weighted by atomic mass is 32.2. The molecule has 0 saturated carbocycles. The zero-order valence-corrected chi connectivity index (χ0v) is 13.4. The van der Waals surface area contributed by atoms with Crippen LogP contribution in [0.15, 0.2) is 0 Å². The zero-order chi connectivity index (χ0) is 17.1.